The minimum Gasteiger partial charge on any atom is -0.493 e. The zero-order valence-corrected chi connectivity index (χ0v) is 16.8. The van der Waals surface area contributed by atoms with Gasteiger partial charge in [0.05, 0.1) is 30.3 Å². The SMILES string of the molecule is COc1ccc(N2CC(NC(=O)Nc3ccc(Cl)c(Cl)c3)CC2=O)cc1OC. The van der Waals surface area contributed by atoms with Crippen molar-refractivity contribution >= 4 is 46.5 Å². The highest BCUT2D eigenvalue weighted by molar-refractivity contribution is 6.42. The van der Waals surface area contributed by atoms with Crippen LogP contribution in [0.4, 0.5) is 16.2 Å². The van der Waals surface area contributed by atoms with E-state index in [0.717, 1.165) is 0 Å². The second-order valence-corrected chi connectivity index (χ2v) is 6.99. The first-order chi connectivity index (χ1) is 13.4. The maximum absolute atomic E-state index is 12.4. The summed E-state index contributed by atoms with van der Waals surface area (Å²) in [5, 5.41) is 6.22. The molecule has 0 bridgehead atoms. The Hall–Kier alpha value is -2.64. The van der Waals surface area contributed by atoms with Crippen LogP contribution >= 0.6 is 23.2 Å². The summed E-state index contributed by atoms with van der Waals surface area (Å²) in [4.78, 5) is 26.2. The van der Waals surface area contributed by atoms with Gasteiger partial charge in [-0.1, -0.05) is 23.2 Å². The molecule has 7 nitrogen and oxygen atoms in total. The molecule has 2 aromatic carbocycles. The van der Waals surface area contributed by atoms with Crippen LogP contribution in [-0.4, -0.2) is 38.7 Å². The second-order valence-electron chi connectivity index (χ2n) is 6.17. The van der Waals surface area contributed by atoms with Crippen molar-refractivity contribution in [1.29, 1.82) is 0 Å². The third kappa shape index (κ3) is 4.43. The molecule has 28 heavy (non-hydrogen) atoms. The Morgan fingerprint density at radius 3 is 2.50 bits per heavy atom. The predicted octanol–water partition coefficient (Wildman–Crippen LogP) is 3.94. The van der Waals surface area contributed by atoms with Gasteiger partial charge in [-0.2, -0.15) is 0 Å². The fraction of sp³-hybridized carbons (Fsp3) is 0.263. The Bertz CT molecular complexity index is 907. The number of carbonyl (C=O) groups excluding carboxylic acids is 2. The Balaban J connectivity index is 1.64. The molecule has 3 amide bonds. The van der Waals surface area contributed by atoms with Crippen molar-refractivity contribution < 1.29 is 19.1 Å². The number of urea groups is 1. The van der Waals surface area contributed by atoms with Crippen molar-refractivity contribution in [2.45, 2.75) is 12.5 Å². The topological polar surface area (TPSA) is 79.9 Å². The van der Waals surface area contributed by atoms with Gasteiger partial charge in [-0.05, 0) is 30.3 Å². The molecule has 0 saturated carbocycles. The lowest BCUT2D eigenvalue weighted by Gasteiger charge is -2.19. The van der Waals surface area contributed by atoms with Gasteiger partial charge in [0.2, 0.25) is 5.91 Å². The number of hydrogen-bond donors (Lipinski definition) is 2. The van der Waals surface area contributed by atoms with Gasteiger partial charge in [0.25, 0.3) is 0 Å². The number of rotatable bonds is 5. The van der Waals surface area contributed by atoms with Gasteiger partial charge in [-0.15, -0.1) is 0 Å². The third-order valence-electron chi connectivity index (χ3n) is 4.32. The smallest absolute Gasteiger partial charge is 0.319 e. The highest BCUT2D eigenvalue weighted by Gasteiger charge is 2.32. The van der Waals surface area contributed by atoms with E-state index in [-0.39, 0.29) is 18.4 Å². The summed E-state index contributed by atoms with van der Waals surface area (Å²) in [6, 6.07) is 9.28. The van der Waals surface area contributed by atoms with Gasteiger partial charge in [0, 0.05) is 30.4 Å². The van der Waals surface area contributed by atoms with Crippen LogP contribution in [-0.2, 0) is 4.79 Å². The summed E-state index contributed by atoms with van der Waals surface area (Å²) in [6.07, 6.45) is 0.198. The monoisotopic (exact) mass is 423 g/mol. The fourth-order valence-electron chi connectivity index (χ4n) is 2.97. The van der Waals surface area contributed by atoms with Gasteiger partial charge < -0.3 is 25.0 Å². The van der Waals surface area contributed by atoms with Crippen molar-refractivity contribution in [3.63, 3.8) is 0 Å². The lowest BCUT2D eigenvalue weighted by atomic mass is 10.2. The molecule has 1 fully saturated rings. The van der Waals surface area contributed by atoms with Gasteiger partial charge in [0.1, 0.15) is 0 Å². The van der Waals surface area contributed by atoms with Crippen molar-refractivity contribution in [3.8, 4) is 11.5 Å². The number of hydrogen-bond acceptors (Lipinski definition) is 4. The number of methoxy groups -OCH3 is 2. The summed E-state index contributed by atoms with van der Waals surface area (Å²) in [6.45, 7) is 0.350. The van der Waals surface area contributed by atoms with Gasteiger partial charge >= 0.3 is 6.03 Å². The Labute approximate surface area is 172 Å². The highest BCUT2D eigenvalue weighted by atomic mass is 35.5. The van der Waals surface area contributed by atoms with Crippen molar-refractivity contribution in [1.82, 2.24) is 5.32 Å². The Kier molecular flexibility index (Phi) is 6.16. The number of benzene rings is 2. The van der Waals surface area contributed by atoms with Crippen LogP contribution in [0.25, 0.3) is 0 Å². The summed E-state index contributed by atoms with van der Waals surface area (Å²) in [5.74, 6) is 1.02. The fourth-order valence-corrected chi connectivity index (χ4v) is 3.27. The number of ether oxygens (including phenoxy) is 2. The molecule has 0 spiro atoms. The number of nitrogens with zero attached hydrogens (tertiary/aromatic N) is 1. The summed E-state index contributed by atoms with van der Waals surface area (Å²) >= 11 is 11.8. The van der Waals surface area contributed by atoms with Crippen LogP contribution in [0, 0.1) is 0 Å². The molecule has 1 unspecified atom stereocenters. The first-order valence-electron chi connectivity index (χ1n) is 8.46. The van der Waals surface area contributed by atoms with Gasteiger partial charge in [-0.25, -0.2) is 4.79 Å². The van der Waals surface area contributed by atoms with E-state index in [1.807, 2.05) is 0 Å². The number of nitrogens with one attached hydrogen (secondary N) is 2. The van der Waals surface area contributed by atoms with Crippen LogP contribution in [0.3, 0.4) is 0 Å². The van der Waals surface area contributed by atoms with E-state index in [1.54, 1.807) is 48.4 Å². The van der Waals surface area contributed by atoms with Crippen LogP contribution in [0.2, 0.25) is 10.0 Å². The Morgan fingerprint density at radius 2 is 1.82 bits per heavy atom. The van der Waals surface area contributed by atoms with E-state index in [4.69, 9.17) is 32.7 Å². The van der Waals surface area contributed by atoms with Crippen molar-refractivity contribution in [3.05, 3.63) is 46.4 Å². The van der Waals surface area contributed by atoms with E-state index in [2.05, 4.69) is 10.6 Å². The largest absolute Gasteiger partial charge is 0.493 e. The summed E-state index contributed by atoms with van der Waals surface area (Å²) in [7, 11) is 3.08. The molecule has 2 N–H and O–H groups in total. The molecule has 1 atom stereocenters. The molecular formula is C19H19Cl2N3O4. The summed E-state index contributed by atoms with van der Waals surface area (Å²) < 4.78 is 10.5. The van der Waals surface area contributed by atoms with Gasteiger partial charge in [0.15, 0.2) is 11.5 Å². The number of carbonyl (C=O) groups is 2. The Morgan fingerprint density at radius 1 is 1.07 bits per heavy atom. The first-order valence-corrected chi connectivity index (χ1v) is 9.22. The number of amides is 3. The average Bonchev–Trinajstić information content (AvgIpc) is 3.04. The summed E-state index contributed by atoms with van der Waals surface area (Å²) in [5.41, 5.74) is 1.19. The van der Waals surface area contributed by atoms with E-state index < -0.39 is 6.03 Å². The maximum Gasteiger partial charge on any atom is 0.319 e. The normalized spacial score (nSPS) is 16.1. The quantitative estimate of drug-likeness (QED) is 0.762. The standard InChI is InChI=1S/C19H19Cl2N3O4/c1-27-16-6-4-13(9-17(16)28-2)24-10-12(8-18(24)25)23-19(26)22-11-3-5-14(20)15(21)7-11/h3-7,9,12H,8,10H2,1-2H3,(H2,22,23,26). The molecule has 1 aliphatic rings. The molecule has 148 valence electrons. The minimum absolute atomic E-state index is 0.0907. The molecule has 1 heterocycles. The van der Waals surface area contributed by atoms with Crippen molar-refractivity contribution in [2.24, 2.45) is 0 Å². The average molecular weight is 424 g/mol. The first kappa shape index (κ1) is 20.1. The maximum atomic E-state index is 12.4. The van der Waals surface area contributed by atoms with Crippen LogP contribution in [0.15, 0.2) is 36.4 Å². The van der Waals surface area contributed by atoms with Crippen LogP contribution in [0.1, 0.15) is 6.42 Å². The second kappa shape index (κ2) is 8.58. The minimum atomic E-state index is -0.426. The highest BCUT2D eigenvalue weighted by Crippen LogP contribution is 2.33. The number of halogens is 2. The molecule has 9 heteroatoms. The molecule has 0 radical (unpaired) electrons. The molecule has 1 aliphatic heterocycles. The van der Waals surface area contributed by atoms with E-state index in [9.17, 15) is 9.59 Å². The molecule has 1 saturated heterocycles. The van der Waals surface area contributed by atoms with Crippen LogP contribution in [0.5, 0.6) is 11.5 Å². The molecule has 0 aromatic heterocycles. The predicted molar refractivity (Wildman–Crippen MR) is 109 cm³/mol. The zero-order valence-electron chi connectivity index (χ0n) is 15.3. The third-order valence-corrected chi connectivity index (χ3v) is 5.06. The lowest BCUT2D eigenvalue weighted by molar-refractivity contribution is -0.117. The van der Waals surface area contributed by atoms with E-state index >= 15 is 0 Å². The molecule has 2 aromatic rings. The van der Waals surface area contributed by atoms with Crippen molar-refractivity contribution in [2.75, 3.05) is 31.0 Å². The lowest BCUT2D eigenvalue weighted by Crippen LogP contribution is -2.39. The van der Waals surface area contributed by atoms with E-state index in [1.165, 1.54) is 7.11 Å². The zero-order chi connectivity index (χ0) is 20.3. The van der Waals surface area contributed by atoms with E-state index in [0.29, 0.717) is 39.5 Å². The number of anilines is 2. The molecule has 0 aliphatic carbocycles. The molecular weight excluding hydrogens is 405 g/mol. The van der Waals surface area contributed by atoms with Gasteiger partial charge in [-0.3, -0.25) is 4.79 Å². The molecule has 3 rings (SSSR count). The van der Waals surface area contributed by atoms with Crippen LogP contribution < -0.4 is 25.0 Å².